The van der Waals surface area contributed by atoms with E-state index < -0.39 is 6.36 Å². The standard InChI is InChI=1S/C9H8BrFO/c1-5-2-8-6(3-7(5)10)4-9(11)12-8/h2-3,9H,4H2,1H3. The number of ether oxygens (including phenoxy) is 1. The molecule has 64 valence electrons. The molecule has 1 nitrogen and oxygen atoms in total. The van der Waals surface area contributed by atoms with Gasteiger partial charge in [0.15, 0.2) is 0 Å². The van der Waals surface area contributed by atoms with Crippen molar-refractivity contribution in [3.8, 4) is 5.75 Å². The molecule has 0 saturated heterocycles. The Labute approximate surface area is 78.7 Å². The Morgan fingerprint density at radius 1 is 1.58 bits per heavy atom. The third kappa shape index (κ3) is 1.22. The van der Waals surface area contributed by atoms with Crippen LogP contribution in [0.3, 0.4) is 0 Å². The Balaban J connectivity index is 2.48. The van der Waals surface area contributed by atoms with E-state index in [2.05, 4.69) is 15.9 Å². The average Bonchev–Trinajstić information content (AvgIpc) is 2.30. The first kappa shape index (κ1) is 8.05. The Morgan fingerprint density at radius 2 is 2.33 bits per heavy atom. The lowest BCUT2D eigenvalue weighted by molar-refractivity contribution is 0.0911. The van der Waals surface area contributed by atoms with Crippen LogP contribution in [0.25, 0.3) is 0 Å². The molecule has 0 fully saturated rings. The number of hydrogen-bond donors (Lipinski definition) is 0. The first-order chi connectivity index (χ1) is 5.66. The number of aryl methyl sites for hydroxylation is 1. The van der Waals surface area contributed by atoms with Gasteiger partial charge in [0.25, 0.3) is 0 Å². The van der Waals surface area contributed by atoms with Crippen LogP contribution in [0.5, 0.6) is 5.75 Å². The lowest BCUT2D eigenvalue weighted by Gasteiger charge is -2.02. The van der Waals surface area contributed by atoms with Gasteiger partial charge in [-0.3, -0.25) is 0 Å². The normalized spacial score (nSPS) is 20.4. The highest BCUT2D eigenvalue weighted by Gasteiger charge is 2.22. The molecule has 2 rings (SSSR count). The van der Waals surface area contributed by atoms with Gasteiger partial charge in [-0.2, -0.15) is 0 Å². The second-order valence-corrected chi connectivity index (χ2v) is 3.80. The van der Waals surface area contributed by atoms with Crippen molar-refractivity contribution in [1.29, 1.82) is 0 Å². The van der Waals surface area contributed by atoms with Gasteiger partial charge in [-0.05, 0) is 24.6 Å². The first-order valence-electron chi connectivity index (χ1n) is 3.76. The molecule has 1 unspecified atom stereocenters. The van der Waals surface area contributed by atoms with E-state index in [9.17, 15) is 4.39 Å². The largest absolute Gasteiger partial charge is 0.460 e. The summed E-state index contributed by atoms with van der Waals surface area (Å²) in [7, 11) is 0. The molecule has 0 aliphatic carbocycles. The zero-order valence-corrected chi connectivity index (χ0v) is 8.19. The number of alkyl halides is 1. The molecule has 0 spiro atoms. The summed E-state index contributed by atoms with van der Waals surface area (Å²) in [4.78, 5) is 0. The van der Waals surface area contributed by atoms with Crippen LogP contribution in [0.4, 0.5) is 4.39 Å². The topological polar surface area (TPSA) is 9.23 Å². The molecule has 0 bridgehead atoms. The van der Waals surface area contributed by atoms with Crippen LogP contribution in [0.2, 0.25) is 0 Å². The van der Waals surface area contributed by atoms with Crippen molar-refractivity contribution in [2.24, 2.45) is 0 Å². The lowest BCUT2D eigenvalue weighted by Crippen LogP contribution is -2.02. The summed E-state index contributed by atoms with van der Waals surface area (Å²) in [5, 5.41) is 0. The fourth-order valence-corrected chi connectivity index (χ4v) is 1.71. The van der Waals surface area contributed by atoms with Gasteiger partial charge in [-0.15, -0.1) is 0 Å². The maximum atomic E-state index is 12.7. The quantitative estimate of drug-likeness (QED) is 0.666. The molecule has 0 saturated carbocycles. The summed E-state index contributed by atoms with van der Waals surface area (Å²) >= 11 is 3.39. The average molecular weight is 231 g/mol. The minimum Gasteiger partial charge on any atom is -0.460 e. The van der Waals surface area contributed by atoms with Gasteiger partial charge >= 0.3 is 0 Å². The molecule has 1 aromatic rings. The van der Waals surface area contributed by atoms with E-state index in [0.717, 1.165) is 15.6 Å². The van der Waals surface area contributed by atoms with E-state index in [1.54, 1.807) is 0 Å². The number of halogens is 2. The third-order valence-electron chi connectivity index (χ3n) is 1.98. The Hall–Kier alpha value is -0.570. The Morgan fingerprint density at radius 3 is 3.08 bits per heavy atom. The molecule has 0 amide bonds. The highest BCUT2D eigenvalue weighted by atomic mass is 79.9. The first-order valence-corrected chi connectivity index (χ1v) is 4.56. The maximum Gasteiger partial charge on any atom is 0.242 e. The highest BCUT2D eigenvalue weighted by Crippen LogP contribution is 2.33. The number of benzene rings is 1. The molecule has 1 atom stereocenters. The van der Waals surface area contributed by atoms with Gasteiger partial charge in [-0.25, -0.2) is 4.39 Å². The summed E-state index contributed by atoms with van der Waals surface area (Å²) in [5.74, 6) is 0.684. The molecule has 0 aromatic heterocycles. The van der Waals surface area contributed by atoms with Gasteiger partial charge in [0.1, 0.15) is 5.75 Å². The van der Waals surface area contributed by atoms with Crippen molar-refractivity contribution in [3.63, 3.8) is 0 Å². The predicted molar refractivity (Wildman–Crippen MR) is 48.1 cm³/mol. The molecule has 1 aromatic carbocycles. The maximum absolute atomic E-state index is 12.7. The van der Waals surface area contributed by atoms with Gasteiger partial charge in [0.2, 0.25) is 6.36 Å². The summed E-state index contributed by atoms with van der Waals surface area (Å²) in [6.45, 7) is 1.96. The Bertz CT molecular complexity index is 294. The molecule has 12 heavy (non-hydrogen) atoms. The van der Waals surface area contributed by atoms with Crippen molar-refractivity contribution in [2.75, 3.05) is 0 Å². The lowest BCUT2D eigenvalue weighted by atomic mass is 10.1. The van der Waals surface area contributed by atoms with Crippen LogP contribution in [-0.2, 0) is 6.42 Å². The van der Waals surface area contributed by atoms with Crippen molar-refractivity contribution in [3.05, 3.63) is 27.7 Å². The van der Waals surface area contributed by atoms with Crippen LogP contribution in [0, 0.1) is 6.92 Å². The molecule has 1 heterocycles. The van der Waals surface area contributed by atoms with Crippen LogP contribution in [0.1, 0.15) is 11.1 Å². The van der Waals surface area contributed by atoms with E-state index in [1.807, 2.05) is 19.1 Å². The molecular weight excluding hydrogens is 223 g/mol. The van der Waals surface area contributed by atoms with E-state index in [1.165, 1.54) is 0 Å². The van der Waals surface area contributed by atoms with Crippen molar-refractivity contribution in [2.45, 2.75) is 19.7 Å². The van der Waals surface area contributed by atoms with Gasteiger partial charge in [0, 0.05) is 16.5 Å². The molecule has 0 N–H and O–H groups in total. The van der Waals surface area contributed by atoms with E-state index >= 15 is 0 Å². The van der Waals surface area contributed by atoms with Crippen molar-refractivity contribution >= 4 is 15.9 Å². The number of rotatable bonds is 0. The number of fused-ring (bicyclic) bond motifs is 1. The monoisotopic (exact) mass is 230 g/mol. The summed E-state index contributed by atoms with van der Waals surface area (Å²) in [6, 6.07) is 3.78. The van der Waals surface area contributed by atoms with Crippen LogP contribution < -0.4 is 4.74 Å². The molecule has 0 radical (unpaired) electrons. The second kappa shape index (κ2) is 2.73. The van der Waals surface area contributed by atoms with E-state index in [4.69, 9.17) is 4.74 Å². The fourth-order valence-electron chi connectivity index (χ4n) is 1.32. The minimum atomic E-state index is -1.16. The van der Waals surface area contributed by atoms with Crippen LogP contribution in [0.15, 0.2) is 16.6 Å². The molecule has 3 heteroatoms. The molecule has 1 aliphatic heterocycles. The SMILES string of the molecule is Cc1cc2c(cc1Br)CC(F)O2. The molecule has 1 aliphatic rings. The summed E-state index contributed by atoms with van der Waals surface area (Å²) in [5.41, 5.74) is 2.02. The van der Waals surface area contributed by atoms with Gasteiger partial charge in [-0.1, -0.05) is 15.9 Å². The van der Waals surface area contributed by atoms with E-state index in [-0.39, 0.29) is 0 Å². The summed E-state index contributed by atoms with van der Waals surface area (Å²) in [6.07, 6.45) is -0.789. The van der Waals surface area contributed by atoms with Crippen LogP contribution >= 0.6 is 15.9 Å². The Kier molecular flexibility index (Phi) is 1.83. The van der Waals surface area contributed by atoms with Crippen LogP contribution in [-0.4, -0.2) is 6.36 Å². The predicted octanol–water partition coefficient (Wildman–Crippen LogP) is 2.99. The third-order valence-corrected chi connectivity index (χ3v) is 2.83. The minimum absolute atomic E-state index is 0.369. The number of hydrogen-bond acceptors (Lipinski definition) is 1. The highest BCUT2D eigenvalue weighted by molar-refractivity contribution is 9.10. The van der Waals surface area contributed by atoms with Crippen molar-refractivity contribution in [1.82, 2.24) is 0 Å². The molecular formula is C9H8BrFO. The van der Waals surface area contributed by atoms with E-state index in [0.29, 0.717) is 12.2 Å². The van der Waals surface area contributed by atoms with Gasteiger partial charge < -0.3 is 4.74 Å². The summed E-state index contributed by atoms with van der Waals surface area (Å²) < 4.78 is 18.7. The van der Waals surface area contributed by atoms with Crippen molar-refractivity contribution < 1.29 is 9.13 Å². The second-order valence-electron chi connectivity index (χ2n) is 2.94. The zero-order chi connectivity index (χ0) is 8.72. The smallest absolute Gasteiger partial charge is 0.242 e. The van der Waals surface area contributed by atoms with Gasteiger partial charge in [0.05, 0.1) is 0 Å². The zero-order valence-electron chi connectivity index (χ0n) is 6.60. The fraction of sp³-hybridized carbons (Fsp3) is 0.333.